The van der Waals surface area contributed by atoms with Gasteiger partial charge in [-0.05, 0) is 74.1 Å². The number of hydrogen-bond acceptors (Lipinski definition) is 3. The molecule has 1 aliphatic carbocycles. The predicted octanol–water partition coefficient (Wildman–Crippen LogP) is 3.55. The van der Waals surface area contributed by atoms with E-state index in [0.717, 1.165) is 49.8 Å². The van der Waals surface area contributed by atoms with Crippen molar-refractivity contribution in [2.45, 2.75) is 45.0 Å². The highest BCUT2D eigenvalue weighted by Gasteiger charge is 2.33. The number of benzene rings is 1. The topological polar surface area (TPSA) is 63.6 Å². The number of aryl methyl sites for hydroxylation is 1. The fraction of sp³-hybridized carbons (Fsp3) is 0.615. The summed E-state index contributed by atoms with van der Waals surface area (Å²) >= 11 is 0. The normalized spacial score (nSPS) is 23.5. The molecule has 0 spiro atoms. The van der Waals surface area contributed by atoms with E-state index in [0.29, 0.717) is 30.4 Å². The van der Waals surface area contributed by atoms with Crippen LogP contribution in [0.5, 0.6) is 0 Å². The molecule has 8 heteroatoms. The summed E-state index contributed by atoms with van der Waals surface area (Å²) in [5.41, 5.74) is 4.53. The number of alkyl halides is 2. The first-order valence-corrected chi connectivity index (χ1v) is 12.5. The molecule has 2 aliphatic heterocycles. The lowest BCUT2D eigenvalue weighted by Crippen LogP contribution is -2.36. The first-order chi connectivity index (χ1) is 16.4. The van der Waals surface area contributed by atoms with Gasteiger partial charge in [0.15, 0.2) is 0 Å². The number of aromatic nitrogens is 1. The molecule has 1 unspecified atom stereocenters. The molecular formula is C26H33F2N3O3. The van der Waals surface area contributed by atoms with E-state index in [1.807, 2.05) is 18.2 Å². The zero-order chi connectivity index (χ0) is 23.8. The van der Waals surface area contributed by atoms with Crippen molar-refractivity contribution in [2.24, 2.45) is 24.8 Å². The van der Waals surface area contributed by atoms with E-state index in [9.17, 15) is 18.4 Å². The molecule has 1 aromatic carbocycles. The highest BCUT2D eigenvalue weighted by molar-refractivity contribution is 6.00. The van der Waals surface area contributed by atoms with Crippen LogP contribution < -0.4 is 5.32 Å². The molecule has 34 heavy (non-hydrogen) atoms. The number of carbonyl (C=O) groups is 2. The number of nitrogens with one attached hydrogen (secondary N) is 1. The van der Waals surface area contributed by atoms with Gasteiger partial charge in [0.05, 0.1) is 12.5 Å². The molecular weight excluding hydrogens is 440 g/mol. The monoisotopic (exact) mass is 473 g/mol. The summed E-state index contributed by atoms with van der Waals surface area (Å²) in [6, 6.07) is 5.93. The number of halogens is 2. The Labute approximate surface area is 198 Å². The van der Waals surface area contributed by atoms with Crippen LogP contribution in [-0.4, -0.2) is 60.6 Å². The molecule has 0 radical (unpaired) electrons. The molecule has 2 fully saturated rings. The predicted molar refractivity (Wildman–Crippen MR) is 125 cm³/mol. The quantitative estimate of drug-likeness (QED) is 0.723. The van der Waals surface area contributed by atoms with Gasteiger partial charge >= 0.3 is 0 Å². The van der Waals surface area contributed by atoms with E-state index >= 15 is 0 Å². The van der Waals surface area contributed by atoms with Gasteiger partial charge < -0.3 is 19.5 Å². The Morgan fingerprint density at radius 3 is 2.71 bits per heavy atom. The van der Waals surface area contributed by atoms with Gasteiger partial charge in [0.1, 0.15) is 0 Å². The number of carbonyl (C=O) groups excluding carboxylic acids is 2. The molecule has 0 bridgehead atoms. The van der Waals surface area contributed by atoms with E-state index in [1.165, 1.54) is 17.7 Å². The lowest BCUT2D eigenvalue weighted by molar-refractivity contribution is -0.125. The van der Waals surface area contributed by atoms with Gasteiger partial charge in [0.2, 0.25) is 5.91 Å². The fourth-order valence-corrected chi connectivity index (χ4v) is 6.19. The molecule has 2 atom stereocenters. The summed E-state index contributed by atoms with van der Waals surface area (Å²) in [5, 5.41) is 3.44. The Kier molecular flexibility index (Phi) is 6.60. The lowest BCUT2D eigenvalue weighted by Gasteiger charge is -2.33. The van der Waals surface area contributed by atoms with E-state index < -0.39 is 24.8 Å². The number of nitrogens with zero attached hydrogens (tertiary/aromatic N) is 2. The van der Waals surface area contributed by atoms with Gasteiger partial charge in [-0.2, -0.15) is 0 Å². The van der Waals surface area contributed by atoms with Crippen LogP contribution in [0.1, 0.15) is 47.3 Å². The van der Waals surface area contributed by atoms with Crippen LogP contribution in [0.3, 0.4) is 0 Å². The van der Waals surface area contributed by atoms with Gasteiger partial charge in [-0.15, -0.1) is 0 Å². The van der Waals surface area contributed by atoms with Gasteiger partial charge in [0.25, 0.3) is 12.3 Å². The highest BCUT2D eigenvalue weighted by atomic mass is 19.3. The smallest absolute Gasteiger partial charge is 0.255 e. The van der Waals surface area contributed by atoms with Crippen LogP contribution in [0.25, 0.3) is 10.9 Å². The molecule has 2 saturated heterocycles. The maximum absolute atomic E-state index is 13.3. The van der Waals surface area contributed by atoms with Crippen molar-refractivity contribution in [1.82, 2.24) is 14.8 Å². The molecule has 2 amide bonds. The zero-order valence-electron chi connectivity index (χ0n) is 19.7. The van der Waals surface area contributed by atoms with Crippen LogP contribution >= 0.6 is 0 Å². The molecule has 1 aromatic heterocycles. The largest absolute Gasteiger partial charge is 0.381 e. The average molecular weight is 474 g/mol. The number of fused-ring (bicyclic) bond motifs is 3. The van der Waals surface area contributed by atoms with Crippen molar-refractivity contribution in [3.05, 3.63) is 35.0 Å². The van der Waals surface area contributed by atoms with E-state index in [1.54, 1.807) is 4.90 Å². The van der Waals surface area contributed by atoms with E-state index in [4.69, 9.17) is 4.74 Å². The summed E-state index contributed by atoms with van der Waals surface area (Å²) in [4.78, 5) is 27.1. The third-order valence-electron chi connectivity index (χ3n) is 8.11. The van der Waals surface area contributed by atoms with Crippen LogP contribution in [0.15, 0.2) is 18.2 Å². The van der Waals surface area contributed by atoms with Crippen molar-refractivity contribution in [1.29, 1.82) is 0 Å². The lowest BCUT2D eigenvalue weighted by atomic mass is 9.75. The van der Waals surface area contributed by atoms with Gasteiger partial charge in [-0.3, -0.25) is 9.59 Å². The van der Waals surface area contributed by atoms with Gasteiger partial charge in [0, 0.05) is 55.5 Å². The SMILES string of the molecule is Cn1c2c(c3cc(C(=O)N4CC[C@H](C(=O)NCC(F)F)C4)ccc31)CC(C1CCOCC1)CC2. The van der Waals surface area contributed by atoms with Crippen molar-refractivity contribution in [3.63, 3.8) is 0 Å². The molecule has 0 saturated carbocycles. The second kappa shape index (κ2) is 9.64. The second-order valence-corrected chi connectivity index (χ2v) is 10.0. The molecule has 3 aliphatic rings. The number of rotatable bonds is 5. The fourth-order valence-electron chi connectivity index (χ4n) is 6.19. The minimum atomic E-state index is -2.57. The minimum absolute atomic E-state index is 0.0968. The Morgan fingerprint density at radius 2 is 1.94 bits per heavy atom. The summed E-state index contributed by atoms with van der Waals surface area (Å²) in [6.45, 7) is 1.80. The molecule has 3 heterocycles. The Hall–Kier alpha value is -2.48. The van der Waals surface area contributed by atoms with E-state index in [-0.39, 0.29) is 12.5 Å². The van der Waals surface area contributed by atoms with E-state index in [2.05, 4.69) is 16.9 Å². The van der Waals surface area contributed by atoms with Gasteiger partial charge in [-0.25, -0.2) is 8.78 Å². The number of likely N-dealkylation sites (tertiary alicyclic amines) is 1. The van der Waals surface area contributed by atoms with Crippen molar-refractivity contribution >= 4 is 22.7 Å². The first-order valence-electron chi connectivity index (χ1n) is 12.5. The molecule has 1 N–H and O–H groups in total. The summed E-state index contributed by atoms with van der Waals surface area (Å²) < 4.78 is 32.6. The maximum Gasteiger partial charge on any atom is 0.255 e. The van der Waals surface area contributed by atoms with Crippen molar-refractivity contribution in [3.8, 4) is 0 Å². The second-order valence-electron chi connectivity index (χ2n) is 10.0. The minimum Gasteiger partial charge on any atom is -0.381 e. The standard InChI is InChI=1S/C26H33F2N3O3/c1-30-22-4-2-17(16-7-10-34-11-8-16)12-20(22)21-13-18(3-5-23(21)30)26(33)31-9-6-19(15-31)25(32)29-14-24(27)28/h3,5,13,16-17,19,24H,2,4,6-12,14-15H2,1H3,(H,29,32)/t17?,19-/m0/s1. The third kappa shape index (κ3) is 4.44. The Balaban J connectivity index is 1.33. The van der Waals surface area contributed by atoms with Crippen LogP contribution in [0.2, 0.25) is 0 Å². The Bertz CT molecular complexity index is 1080. The highest BCUT2D eigenvalue weighted by Crippen LogP contribution is 2.39. The summed E-state index contributed by atoms with van der Waals surface area (Å²) in [7, 11) is 2.11. The summed E-state index contributed by atoms with van der Waals surface area (Å²) in [5.74, 6) is 0.436. The maximum atomic E-state index is 13.3. The van der Waals surface area contributed by atoms with Crippen molar-refractivity contribution < 1.29 is 23.1 Å². The number of amides is 2. The average Bonchev–Trinajstić information content (AvgIpc) is 3.46. The summed E-state index contributed by atoms with van der Waals surface area (Å²) in [6.07, 6.45) is 3.51. The van der Waals surface area contributed by atoms with Gasteiger partial charge in [-0.1, -0.05) is 0 Å². The Morgan fingerprint density at radius 1 is 1.15 bits per heavy atom. The third-order valence-corrected chi connectivity index (χ3v) is 8.11. The van der Waals surface area contributed by atoms with Crippen LogP contribution in [0.4, 0.5) is 8.78 Å². The molecule has 184 valence electrons. The molecule has 2 aromatic rings. The van der Waals surface area contributed by atoms with Crippen LogP contribution in [-0.2, 0) is 29.4 Å². The number of hydrogen-bond donors (Lipinski definition) is 1. The zero-order valence-corrected chi connectivity index (χ0v) is 19.7. The molecule has 6 nitrogen and oxygen atoms in total. The first kappa shape index (κ1) is 23.3. The van der Waals surface area contributed by atoms with Crippen LogP contribution in [0, 0.1) is 17.8 Å². The molecule has 5 rings (SSSR count). The van der Waals surface area contributed by atoms with Crippen molar-refractivity contribution in [2.75, 3.05) is 32.8 Å². The number of ether oxygens (including phenoxy) is 1.